The Bertz CT molecular complexity index is 412. The molecule has 1 heterocycles. The minimum Gasteiger partial charge on any atom is -0.397 e. The lowest BCUT2D eigenvalue weighted by atomic mass is 10.1. The fourth-order valence-electron chi connectivity index (χ4n) is 1.38. The predicted molar refractivity (Wildman–Crippen MR) is 79.5 cm³/mol. The van der Waals surface area contributed by atoms with Crippen LogP contribution in [0.25, 0.3) is 0 Å². The predicted octanol–water partition coefficient (Wildman–Crippen LogP) is 2.53. The molecule has 3 N–H and O–H groups in total. The molecule has 0 saturated carbocycles. The van der Waals surface area contributed by atoms with Crippen LogP contribution >= 0.6 is 11.3 Å². The lowest BCUT2D eigenvalue weighted by Crippen LogP contribution is -2.31. The number of hydrogen-bond donors (Lipinski definition) is 2. The van der Waals surface area contributed by atoms with Crippen molar-refractivity contribution in [2.24, 2.45) is 5.92 Å². The number of carbonyl (C=O) groups is 1. The number of nitrogen functional groups attached to an aromatic ring is 1. The molecule has 0 aromatic carbocycles. The van der Waals surface area contributed by atoms with Gasteiger partial charge >= 0.3 is 0 Å². The molecular formula is C13H23N3OS. The van der Waals surface area contributed by atoms with Crippen molar-refractivity contribution < 1.29 is 4.79 Å². The minimum absolute atomic E-state index is 0.0144. The zero-order valence-electron chi connectivity index (χ0n) is 11.8. The number of thiophene rings is 1. The highest BCUT2D eigenvalue weighted by Crippen LogP contribution is 2.31. The molecule has 0 spiro atoms. The second-order valence-electron chi connectivity index (χ2n) is 5.11. The van der Waals surface area contributed by atoms with Crippen molar-refractivity contribution in [1.29, 1.82) is 0 Å². The summed E-state index contributed by atoms with van der Waals surface area (Å²) >= 11 is 1.45. The summed E-state index contributed by atoms with van der Waals surface area (Å²) in [7, 11) is 4.09. The van der Waals surface area contributed by atoms with E-state index in [-0.39, 0.29) is 11.7 Å². The van der Waals surface area contributed by atoms with E-state index in [0.717, 1.165) is 11.5 Å². The second-order valence-corrected chi connectivity index (χ2v) is 6.16. The Labute approximate surface area is 113 Å². The summed E-state index contributed by atoms with van der Waals surface area (Å²) in [5.41, 5.74) is 6.47. The molecule has 102 valence electrons. The second kappa shape index (κ2) is 6.20. The van der Waals surface area contributed by atoms with E-state index in [1.54, 1.807) is 0 Å². The van der Waals surface area contributed by atoms with E-state index in [2.05, 4.69) is 17.1 Å². The topological polar surface area (TPSA) is 58.4 Å². The first-order valence-corrected chi connectivity index (χ1v) is 6.98. The number of ketones is 1. The molecule has 1 rings (SSSR count). The first-order chi connectivity index (χ1) is 8.32. The van der Waals surface area contributed by atoms with E-state index in [1.807, 2.05) is 34.0 Å². The van der Waals surface area contributed by atoms with Gasteiger partial charge in [0.05, 0.1) is 15.6 Å². The number of nitrogens with one attached hydrogen (secondary N) is 1. The molecule has 0 saturated heterocycles. The SMILES string of the molecule is CC(C)C(=O)c1sc(NCC(C)N(C)C)cc1N. The van der Waals surface area contributed by atoms with Gasteiger partial charge in [0, 0.05) is 18.5 Å². The summed E-state index contributed by atoms with van der Waals surface area (Å²) in [6.07, 6.45) is 0. The van der Waals surface area contributed by atoms with E-state index in [4.69, 9.17) is 5.73 Å². The van der Waals surface area contributed by atoms with E-state index < -0.39 is 0 Å². The summed E-state index contributed by atoms with van der Waals surface area (Å²) in [4.78, 5) is 14.7. The van der Waals surface area contributed by atoms with Crippen molar-refractivity contribution in [3.05, 3.63) is 10.9 Å². The largest absolute Gasteiger partial charge is 0.397 e. The van der Waals surface area contributed by atoms with Crippen LogP contribution in [-0.2, 0) is 0 Å². The summed E-state index contributed by atoms with van der Waals surface area (Å²) in [5.74, 6) is 0.103. The minimum atomic E-state index is -0.0144. The molecule has 1 aromatic heterocycles. The molecule has 5 heteroatoms. The fourth-order valence-corrected chi connectivity index (χ4v) is 2.45. The molecule has 0 aliphatic heterocycles. The average Bonchev–Trinajstić information content (AvgIpc) is 2.66. The lowest BCUT2D eigenvalue weighted by molar-refractivity contribution is 0.0944. The fraction of sp³-hybridized carbons (Fsp3) is 0.615. The van der Waals surface area contributed by atoms with Gasteiger partial charge in [-0.05, 0) is 27.1 Å². The summed E-state index contributed by atoms with van der Waals surface area (Å²) in [5, 5.41) is 4.29. The number of nitrogens with zero attached hydrogens (tertiary/aromatic N) is 1. The van der Waals surface area contributed by atoms with Crippen LogP contribution < -0.4 is 11.1 Å². The maximum atomic E-state index is 11.9. The van der Waals surface area contributed by atoms with Crippen molar-refractivity contribution in [1.82, 2.24) is 4.90 Å². The molecule has 1 unspecified atom stereocenters. The van der Waals surface area contributed by atoms with E-state index in [1.165, 1.54) is 11.3 Å². The molecule has 0 aliphatic rings. The molecule has 0 bridgehead atoms. The van der Waals surface area contributed by atoms with Crippen LogP contribution in [0.3, 0.4) is 0 Å². The van der Waals surface area contributed by atoms with Crippen LogP contribution in [-0.4, -0.2) is 37.4 Å². The van der Waals surface area contributed by atoms with Crippen molar-refractivity contribution in [2.45, 2.75) is 26.8 Å². The summed E-state index contributed by atoms with van der Waals surface area (Å²) in [6, 6.07) is 2.28. The van der Waals surface area contributed by atoms with Gasteiger partial charge in [0.2, 0.25) is 0 Å². The van der Waals surface area contributed by atoms with Crippen LogP contribution in [0.5, 0.6) is 0 Å². The number of likely N-dealkylation sites (N-methyl/N-ethyl adjacent to an activating group) is 1. The van der Waals surface area contributed by atoms with Gasteiger partial charge in [-0.25, -0.2) is 0 Å². The first kappa shape index (κ1) is 15.0. The summed E-state index contributed by atoms with van der Waals surface area (Å²) < 4.78 is 0. The Kier molecular flexibility index (Phi) is 5.16. The number of Topliss-reactive ketones (excluding diaryl/α,β-unsaturated/α-hetero) is 1. The molecule has 1 aromatic rings. The third kappa shape index (κ3) is 3.71. The standard InChI is InChI=1S/C13H23N3OS/c1-8(2)12(17)13-10(14)6-11(18-13)15-7-9(3)16(4)5/h6,8-9,15H,7,14H2,1-5H3. The van der Waals surface area contributed by atoms with Crippen LogP contribution in [0.4, 0.5) is 10.7 Å². The number of anilines is 2. The Morgan fingerprint density at radius 1 is 1.44 bits per heavy atom. The number of carbonyl (C=O) groups excluding carboxylic acids is 1. The molecule has 1 atom stereocenters. The van der Waals surface area contributed by atoms with Gasteiger partial charge in [-0.3, -0.25) is 4.79 Å². The molecule has 0 amide bonds. The van der Waals surface area contributed by atoms with Crippen molar-refractivity contribution >= 4 is 27.8 Å². The van der Waals surface area contributed by atoms with Crippen LogP contribution in [0.1, 0.15) is 30.4 Å². The van der Waals surface area contributed by atoms with Crippen molar-refractivity contribution in [3.63, 3.8) is 0 Å². The Balaban J connectivity index is 2.70. The molecule has 0 fully saturated rings. The van der Waals surface area contributed by atoms with Crippen LogP contribution in [0.2, 0.25) is 0 Å². The highest BCUT2D eigenvalue weighted by Gasteiger charge is 2.17. The van der Waals surface area contributed by atoms with Crippen molar-refractivity contribution in [3.8, 4) is 0 Å². The van der Waals surface area contributed by atoms with Gasteiger partial charge in [-0.15, -0.1) is 11.3 Å². The number of hydrogen-bond acceptors (Lipinski definition) is 5. The Morgan fingerprint density at radius 3 is 2.56 bits per heavy atom. The first-order valence-electron chi connectivity index (χ1n) is 6.16. The normalized spacial score (nSPS) is 13.1. The van der Waals surface area contributed by atoms with Gasteiger partial charge in [-0.2, -0.15) is 0 Å². The van der Waals surface area contributed by atoms with Crippen LogP contribution in [0, 0.1) is 5.92 Å². The third-order valence-electron chi connectivity index (χ3n) is 2.96. The van der Waals surface area contributed by atoms with E-state index in [0.29, 0.717) is 16.6 Å². The van der Waals surface area contributed by atoms with Gasteiger partial charge in [-0.1, -0.05) is 13.8 Å². The Hall–Kier alpha value is -1.07. The quantitative estimate of drug-likeness (QED) is 0.779. The highest BCUT2D eigenvalue weighted by atomic mass is 32.1. The maximum Gasteiger partial charge on any atom is 0.177 e. The molecule has 0 aliphatic carbocycles. The van der Waals surface area contributed by atoms with Gasteiger partial charge < -0.3 is 16.0 Å². The molecule has 4 nitrogen and oxygen atoms in total. The summed E-state index contributed by atoms with van der Waals surface area (Å²) in [6.45, 7) is 6.76. The molecule has 0 radical (unpaired) electrons. The van der Waals surface area contributed by atoms with Gasteiger partial charge in [0.15, 0.2) is 5.78 Å². The third-order valence-corrected chi connectivity index (χ3v) is 4.09. The van der Waals surface area contributed by atoms with Gasteiger partial charge in [0.1, 0.15) is 0 Å². The smallest absolute Gasteiger partial charge is 0.177 e. The molecule has 18 heavy (non-hydrogen) atoms. The van der Waals surface area contributed by atoms with E-state index in [9.17, 15) is 4.79 Å². The molecular weight excluding hydrogens is 246 g/mol. The monoisotopic (exact) mass is 269 g/mol. The zero-order chi connectivity index (χ0) is 13.9. The lowest BCUT2D eigenvalue weighted by Gasteiger charge is -2.19. The average molecular weight is 269 g/mol. The Morgan fingerprint density at radius 2 is 2.06 bits per heavy atom. The maximum absolute atomic E-state index is 11.9. The zero-order valence-corrected chi connectivity index (χ0v) is 12.6. The van der Waals surface area contributed by atoms with E-state index >= 15 is 0 Å². The highest BCUT2D eigenvalue weighted by molar-refractivity contribution is 7.18. The van der Waals surface area contributed by atoms with Gasteiger partial charge in [0.25, 0.3) is 0 Å². The van der Waals surface area contributed by atoms with Crippen molar-refractivity contribution in [2.75, 3.05) is 31.7 Å². The number of nitrogens with two attached hydrogens (primary N) is 1. The van der Waals surface area contributed by atoms with Crippen LogP contribution in [0.15, 0.2) is 6.07 Å². The number of rotatable bonds is 6.